The topological polar surface area (TPSA) is 38.8 Å². The fourth-order valence-corrected chi connectivity index (χ4v) is 6.36. The molecule has 2 aromatic carbocycles. The third kappa shape index (κ3) is 3.45. The Morgan fingerprint density at radius 2 is 1.62 bits per heavy atom. The van der Waals surface area contributed by atoms with Gasteiger partial charge in [-0.05, 0) is 47.4 Å². The van der Waals surface area contributed by atoms with Crippen LogP contribution >= 0.6 is 0 Å². The van der Waals surface area contributed by atoms with Crippen molar-refractivity contribution in [3.05, 3.63) is 71.3 Å². The molecule has 1 amide bonds. The van der Waals surface area contributed by atoms with Crippen LogP contribution in [0.1, 0.15) is 55.6 Å². The van der Waals surface area contributed by atoms with E-state index in [2.05, 4.69) is 54.6 Å². The lowest BCUT2D eigenvalue weighted by molar-refractivity contribution is -0.0376. The summed E-state index contributed by atoms with van der Waals surface area (Å²) in [4.78, 5) is 15.3. The summed E-state index contributed by atoms with van der Waals surface area (Å²) in [6, 6.07) is 17.1. The van der Waals surface area contributed by atoms with E-state index in [-0.39, 0.29) is 24.1 Å². The lowest BCUT2D eigenvalue weighted by Crippen LogP contribution is -2.57. The number of morpholine rings is 1. The summed E-state index contributed by atoms with van der Waals surface area (Å²) >= 11 is 0. The third-order valence-corrected chi connectivity index (χ3v) is 7.90. The molecule has 2 aliphatic carbocycles. The van der Waals surface area contributed by atoms with Gasteiger partial charge in [0, 0.05) is 5.92 Å². The van der Waals surface area contributed by atoms with Crippen LogP contribution in [0.2, 0.25) is 0 Å². The van der Waals surface area contributed by atoms with Crippen LogP contribution in [-0.4, -0.2) is 42.9 Å². The molecule has 0 spiro atoms. The number of carbonyl (C=O) groups excluding carboxylic acids is 1. The number of carbonyl (C=O) groups is 1. The first-order valence-corrected chi connectivity index (χ1v) is 12.2. The molecule has 4 aliphatic rings. The summed E-state index contributed by atoms with van der Waals surface area (Å²) in [5, 5.41) is 0. The molecular weight excluding hydrogens is 398 g/mol. The van der Waals surface area contributed by atoms with Gasteiger partial charge in [0.2, 0.25) is 0 Å². The average molecular weight is 430 g/mol. The molecule has 2 fully saturated rings. The fraction of sp³-hybridized carbons (Fsp3) is 0.464. The molecule has 2 aliphatic heterocycles. The van der Waals surface area contributed by atoms with Crippen molar-refractivity contribution in [2.45, 2.75) is 56.5 Å². The van der Waals surface area contributed by atoms with Crippen molar-refractivity contribution < 1.29 is 14.3 Å². The molecule has 2 aromatic rings. The van der Waals surface area contributed by atoms with Crippen molar-refractivity contribution in [1.82, 2.24) is 4.90 Å². The quantitative estimate of drug-likeness (QED) is 0.569. The smallest absolute Gasteiger partial charge is 0.410 e. The Morgan fingerprint density at radius 1 is 0.938 bits per heavy atom. The zero-order valence-electron chi connectivity index (χ0n) is 18.5. The molecule has 6 rings (SSSR count). The Kier molecular flexibility index (Phi) is 5.26. The molecule has 1 saturated heterocycles. The summed E-state index contributed by atoms with van der Waals surface area (Å²) < 4.78 is 11.8. The minimum Gasteiger partial charge on any atom is -0.448 e. The number of hydrogen-bond acceptors (Lipinski definition) is 3. The maximum absolute atomic E-state index is 13.3. The van der Waals surface area contributed by atoms with Crippen molar-refractivity contribution in [2.75, 3.05) is 19.8 Å². The van der Waals surface area contributed by atoms with E-state index in [1.54, 1.807) is 5.57 Å². The maximum atomic E-state index is 13.3. The summed E-state index contributed by atoms with van der Waals surface area (Å²) in [5.41, 5.74) is 6.58. The lowest BCUT2D eigenvalue weighted by atomic mass is 9.78. The molecule has 2 bridgehead atoms. The monoisotopic (exact) mass is 429 g/mol. The lowest BCUT2D eigenvalue weighted by Gasteiger charge is -2.45. The molecule has 4 nitrogen and oxygen atoms in total. The second kappa shape index (κ2) is 8.40. The van der Waals surface area contributed by atoms with Crippen molar-refractivity contribution >= 4 is 6.09 Å². The van der Waals surface area contributed by atoms with Gasteiger partial charge in [-0.1, -0.05) is 79.4 Å². The SMILES string of the molecule is O=C(OCC1c2ccccc2-c2ccccc21)N1C2C=C(C3CCCCC3)CC1COC2. The van der Waals surface area contributed by atoms with E-state index in [4.69, 9.17) is 9.47 Å². The van der Waals surface area contributed by atoms with Crippen molar-refractivity contribution in [3.63, 3.8) is 0 Å². The molecule has 4 heteroatoms. The van der Waals surface area contributed by atoms with Crippen LogP contribution in [0.4, 0.5) is 4.79 Å². The normalized spacial score (nSPS) is 25.1. The molecule has 2 unspecified atom stereocenters. The Bertz CT molecular complexity index is 993. The van der Waals surface area contributed by atoms with Crippen LogP contribution in [-0.2, 0) is 9.47 Å². The Morgan fingerprint density at radius 3 is 2.31 bits per heavy atom. The predicted octanol–water partition coefficient (Wildman–Crippen LogP) is 5.92. The van der Waals surface area contributed by atoms with Crippen LogP contribution in [0, 0.1) is 5.92 Å². The first-order chi connectivity index (χ1) is 15.8. The van der Waals surface area contributed by atoms with E-state index < -0.39 is 0 Å². The minimum absolute atomic E-state index is 0.00933. The van der Waals surface area contributed by atoms with Gasteiger partial charge < -0.3 is 9.47 Å². The van der Waals surface area contributed by atoms with Crippen LogP contribution in [0.5, 0.6) is 0 Å². The highest BCUT2D eigenvalue weighted by atomic mass is 16.6. The summed E-state index contributed by atoms with van der Waals surface area (Å²) in [6.45, 7) is 1.57. The predicted molar refractivity (Wildman–Crippen MR) is 125 cm³/mol. The van der Waals surface area contributed by atoms with Gasteiger partial charge in [-0.3, -0.25) is 4.90 Å². The molecule has 1 saturated carbocycles. The number of fused-ring (bicyclic) bond motifs is 5. The van der Waals surface area contributed by atoms with Gasteiger partial charge in [0.1, 0.15) is 6.61 Å². The van der Waals surface area contributed by atoms with E-state index in [0.29, 0.717) is 25.7 Å². The molecular formula is C28H31NO3. The average Bonchev–Trinajstić information content (AvgIpc) is 3.16. The first kappa shape index (κ1) is 20.0. The van der Waals surface area contributed by atoms with Crippen LogP contribution in [0.15, 0.2) is 60.2 Å². The second-order valence-corrected chi connectivity index (χ2v) is 9.75. The van der Waals surface area contributed by atoms with Gasteiger partial charge in [-0.15, -0.1) is 0 Å². The van der Waals surface area contributed by atoms with Crippen LogP contribution < -0.4 is 0 Å². The zero-order valence-corrected chi connectivity index (χ0v) is 18.5. The molecule has 2 atom stereocenters. The van der Waals surface area contributed by atoms with Gasteiger partial charge in [-0.2, -0.15) is 0 Å². The fourth-order valence-electron chi connectivity index (χ4n) is 6.36. The Labute approximate surface area is 190 Å². The highest BCUT2D eigenvalue weighted by molar-refractivity contribution is 5.79. The van der Waals surface area contributed by atoms with E-state index in [1.807, 2.05) is 4.90 Å². The number of benzene rings is 2. The van der Waals surface area contributed by atoms with Crippen molar-refractivity contribution in [3.8, 4) is 11.1 Å². The third-order valence-electron chi connectivity index (χ3n) is 7.90. The largest absolute Gasteiger partial charge is 0.448 e. The molecule has 0 N–H and O–H groups in total. The highest BCUT2D eigenvalue weighted by Gasteiger charge is 2.40. The van der Waals surface area contributed by atoms with Gasteiger partial charge >= 0.3 is 6.09 Å². The molecule has 32 heavy (non-hydrogen) atoms. The number of ether oxygens (including phenoxy) is 2. The standard InChI is InChI=1S/C28H31NO3/c30-28(29-21-14-20(15-22(29)17-31-16-21)19-8-2-1-3-9-19)32-18-27-25-12-6-4-10-23(25)24-11-5-7-13-26(24)27/h4-7,10-14,19,21-22,27H,1-3,8-9,15-18H2. The Hall–Kier alpha value is -2.59. The number of rotatable bonds is 3. The second-order valence-electron chi connectivity index (χ2n) is 9.75. The van der Waals surface area contributed by atoms with Gasteiger partial charge in [-0.25, -0.2) is 4.79 Å². The van der Waals surface area contributed by atoms with E-state index in [9.17, 15) is 4.79 Å². The highest BCUT2D eigenvalue weighted by Crippen LogP contribution is 2.45. The molecule has 0 aromatic heterocycles. The van der Waals surface area contributed by atoms with E-state index in [0.717, 1.165) is 6.42 Å². The van der Waals surface area contributed by atoms with Crippen molar-refractivity contribution in [2.24, 2.45) is 5.92 Å². The summed E-state index contributed by atoms with van der Waals surface area (Å²) in [6.07, 6.45) is 9.72. The Balaban J connectivity index is 1.19. The number of hydrogen-bond donors (Lipinski definition) is 0. The van der Waals surface area contributed by atoms with E-state index >= 15 is 0 Å². The summed E-state index contributed by atoms with van der Waals surface area (Å²) in [5.74, 6) is 0.803. The van der Waals surface area contributed by atoms with Gasteiger partial charge in [0.15, 0.2) is 0 Å². The minimum atomic E-state index is -0.191. The molecule has 166 valence electrons. The van der Waals surface area contributed by atoms with Gasteiger partial charge in [0.05, 0.1) is 25.3 Å². The number of amides is 1. The van der Waals surface area contributed by atoms with E-state index in [1.165, 1.54) is 54.4 Å². The van der Waals surface area contributed by atoms with Crippen LogP contribution in [0.3, 0.4) is 0 Å². The zero-order chi connectivity index (χ0) is 21.5. The number of nitrogens with zero attached hydrogens (tertiary/aromatic N) is 1. The molecule has 2 heterocycles. The summed E-state index contributed by atoms with van der Waals surface area (Å²) in [7, 11) is 0. The first-order valence-electron chi connectivity index (χ1n) is 12.2. The van der Waals surface area contributed by atoms with Crippen molar-refractivity contribution in [1.29, 1.82) is 0 Å². The molecule has 0 radical (unpaired) electrons. The maximum Gasteiger partial charge on any atom is 0.410 e. The van der Waals surface area contributed by atoms with Crippen LogP contribution in [0.25, 0.3) is 11.1 Å². The van der Waals surface area contributed by atoms with Gasteiger partial charge in [0.25, 0.3) is 0 Å².